The molecule has 1 aromatic carbocycles. The predicted octanol–water partition coefficient (Wildman–Crippen LogP) is 0.922. The van der Waals surface area contributed by atoms with Gasteiger partial charge in [-0.25, -0.2) is 4.39 Å². The van der Waals surface area contributed by atoms with Gasteiger partial charge in [0, 0.05) is 11.6 Å². The molecule has 64 valence electrons. The van der Waals surface area contributed by atoms with Crippen LogP contribution in [0, 0.1) is 5.82 Å². The highest BCUT2D eigenvalue weighted by molar-refractivity contribution is 9.10. The van der Waals surface area contributed by atoms with E-state index in [2.05, 4.69) is 20.6 Å². The van der Waals surface area contributed by atoms with Gasteiger partial charge < -0.3 is 9.68 Å². The molecule has 5 heteroatoms. The Hall–Kier alpha value is -0.385. The average molecular weight is 233 g/mol. The largest absolute Gasteiger partial charge is 0.492 e. The van der Waals surface area contributed by atoms with Crippen LogP contribution in [0.15, 0.2) is 22.7 Å². The molecule has 0 saturated heterocycles. The highest BCUT2D eigenvalue weighted by Gasteiger charge is 2.17. The Bertz CT molecular complexity index is 282. The first kappa shape index (κ1) is 9.70. The quantitative estimate of drug-likeness (QED) is 0.769. The summed E-state index contributed by atoms with van der Waals surface area (Å²) in [4.78, 5) is 0. The Kier molecular flexibility index (Phi) is 3.25. The zero-order chi connectivity index (χ0) is 9.14. The molecule has 1 N–H and O–H groups in total. The molecule has 0 heterocycles. The van der Waals surface area contributed by atoms with E-state index < -0.39 is 7.12 Å². The van der Waals surface area contributed by atoms with Crippen molar-refractivity contribution in [3.8, 4) is 0 Å². The summed E-state index contributed by atoms with van der Waals surface area (Å²) in [6.45, 7) is 0. The highest BCUT2D eigenvalue weighted by atomic mass is 79.9. The molecule has 0 saturated carbocycles. The molecule has 0 bridgehead atoms. The Morgan fingerprint density at radius 1 is 1.58 bits per heavy atom. The third kappa shape index (κ3) is 2.06. The van der Waals surface area contributed by atoms with Crippen molar-refractivity contribution in [3.05, 3.63) is 28.5 Å². The molecule has 1 rings (SSSR count). The number of halogens is 2. The first-order valence-corrected chi connectivity index (χ1v) is 4.10. The van der Waals surface area contributed by atoms with Crippen LogP contribution in [0.2, 0.25) is 0 Å². The molecule has 0 spiro atoms. The van der Waals surface area contributed by atoms with Crippen LogP contribution < -0.4 is 5.46 Å². The van der Waals surface area contributed by atoms with Gasteiger partial charge in [-0.15, -0.1) is 0 Å². The van der Waals surface area contributed by atoms with E-state index in [-0.39, 0.29) is 5.82 Å². The van der Waals surface area contributed by atoms with Crippen molar-refractivity contribution in [1.29, 1.82) is 0 Å². The molecule has 0 aromatic heterocycles. The van der Waals surface area contributed by atoms with Gasteiger partial charge in [-0.3, -0.25) is 0 Å². The standard InChI is InChI=1S/C7H7BBrFO2/c1-12-8(11)6-3-2-5(10)4-7(6)9/h2-4,11H,1H3. The van der Waals surface area contributed by atoms with E-state index in [1.165, 1.54) is 25.3 Å². The topological polar surface area (TPSA) is 29.5 Å². The lowest BCUT2D eigenvalue weighted by Gasteiger charge is -2.05. The summed E-state index contributed by atoms with van der Waals surface area (Å²) in [5, 5.41) is 9.23. The number of benzene rings is 1. The van der Waals surface area contributed by atoms with Crippen LogP contribution in [-0.2, 0) is 4.65 Å². The van der Waals surface area contributed by atoms with E-state index in [4.69, 9.17) is 0 Å². The normalized spacial score (nSPS) is 10.0. The van der Waals surface area contributed by atoms with E-state index in [1.807, 2.05) is 0 Å². The van der Waals surface area contributed by atoms with Gasteiger partial charge in [0.15, 0.2) is 0 Å². The van der Waals surface area contributed by atoms with Crippen molar-refractivity contribution in [2.75, 3.05) is 7.11 Å². The Morgan fingerprint density at radius 2 is 2.25 bits per heavy atom. The molecule has 0 radical (unpaired) electrons. The van der Waals surface area contributed by atoms with Gasteiger partial charge >= 0.3 is 7.12 Å². The van der Waals surface area contributed by atoms with E-state index in [0.717, 1.165) is 0 Å². The number of hydrogen-bond donors (Lipinski definition) is 1. The Labute approximate surface area is 78.6 Å². The van der Waals surface area contributed by atoms with Crippen molar-refractivity contribution in [1.82, 2.24) is 0 Å². The Morgan fingerprint density at radius 3 is 2.75 bits per heavy atom. The van der Waals surface area contributed by atoms with Crippen molar-refractivity contribution in [2.45, 2.75) is 0 Å². The van der Waals surface area contributed by atoms with E-state index >= 15 is 0 Å². The zero-order valence-electron chi connectivity index (χ0n) is 6.42. The minimum Gasteiger partial charge on any atom is -0.423 e. The van der Waals surface area contributed by atoms with Crippen molar-refractivity contribution in [3.63, 3.8) is 0 Å². The van der Waals surface area contributed by atoms with Gasteiger partial charge in [0.05, 0.1) is 0 Å². The maximum Gasteiger partial charge on any atom is 0.492 e. The first-order chi connectivity index (χ1) is 5.65. The second kappa shape index (κ2) is 4.02. The third-order valence-corrected chi connectivity index (χ3v) is 2.14. The maximum atomic E-state index is 12.6. The molecule has 12 heavy (non-hydrogen) atoms. The summed E-state index contributed by atoms with van der Waals surface area (Å²) in [5.74, 6) is -0.353. The van der Waals surface area contributed by atoms with Crippen LogP contribution in [0.5, 0.6) is 0 Å². The highest BCUT2D eigenvalue weighted by Crippen LogP contribution is 2.09. The van der Waals surface area contributed by atoms with Crippen molar-refractivity contribution in [2.24, 2.45) is 0 Å². The molecule has 0 fully saturated rings. The molecule has 0 atom stereocenters. The van der Waals surface area contributed by atoms with Gasteiger partial charge in [-0.05, 0) is 17.6 Å². The van der Waals surface area contributed by atoms with E-state index in [0.29, 0.717) is 9.94 Å². The van der Waals surface area contributed by atoms with Crippen LogP contribution in [0.25, 0.3) is 0 Å². The van der Waals surface area contributed by atoms with Crippen LogP contribution in [-0.4, -0.2) is 19.3 Å². The lowest BCUT2D eigenvalue weighted by atomic mass is 9.80. The van der Waals surface area contributed by atoms with Crippen LogP contribution in [0.4, 0.5) is 4.39 Å². The molecule has 0 unspecified atom stereocenters. The summed E-state index contributed by atoms with van der Waals surface area (Å²) < 4.78 is 17.7. The number of rotatable bonds is 2. The third-order valence-electron chi connectivity index (χ3n) is 1.45. The molecule has 0 aliphatic heterocycles. The molecule has 1 aromatic rings. The SMILES string of the molecule is COB(O)c1ccc(F)cc1Br. The number of hydrogen-bond acceptors (Lipinski definition) is 2. The minimum absolute atomic E-state index is 0.353. The second-order valence-electron chi connectivity index (χ2n) is 2.25. The fourth-order valence-electron chi connectivity index (χ4n) is 0.829. The minimum atomic E-state index is -1.01. The lowest BCUT2D eigenvalue weighted by Crippen LogP contribution is -2.33. The molecule has 0 amide bonds. The molecule has 2 nitrogen and oxygen atoms in total. The summed E-state index contributed by atoms with van der Waals surface area (Å²) >= 11 is 3.11. The molecule has 0 aliphatic rings. The van der Waals surface area contributed by atoms with Crippen LogP contribution in [0.3, 0.4) is 0 Å². The lowest BCUT2D eigenvalue weighted by molar-refractivity contribution is 0.341. The smallest absolute Gasteiger partial charge is 0.423 e. The molecular formula is C7H7BBrFO2. The predicted molar refractivity (Wildman–Crippen MR) is 48.7 cm³/mol. The summed E-state index contributed by atoms with van der Waals surface area (Å²) in [7, 11) is 0.362. The van der Waals surface area contributed by atoms with E-state index in [9.17, 15) is 9.41 Å². The summed E-state index contributed by atoms with van der Waals surface area (Å²) in [6.07, 6.45) is 0. The van der Waals surface area contributed by atoms with E-state index in [1.54, 1.807) is 0 Å². The first-order valence-electron chi connectivity index (χ1n) is 3.31. The second-order valence-corrected chi connectivity index (χ2v) is 3.11. The van der Waals surface area contributed by atoms with Gasteiger partial charge in [-0.1, -0.05) is 22.0 Å². The molecular weight excluding hydrogens is 226 g/mol. The summed E-state index contributed by atoms with van der Waals surface area (Å²) in [5.41, 5.74) is 0.513. The fraction of sp³-hybridized carbons (Fsp3) is 0.143. The fourth-order valence-corrected chi connectivity index (χ4v) is 1.38. The van der Waals surface area contributed by atoms with Gasteiger partial charge in [0.25, 0.3) is 0 Å². The monoisotopic (exact) mass is 232 g/mol. The molecule has 0 aliphatic carbocycles. The van der Waals surface area contributed by atoms with Crippen molar-refractivity contribution >= 4 is 28.5 Å². The van der Waals surface area contributed by atoms with Gasteiger partial charge in [-0.2, -0.15) is 0 Å². The van der Waals surface area contributed by atoms with Crippen LogP contribution >= 0.6 is 15.9 Å². The average Bonchev–Trinajstić information content (AvgIpc) is 2.03. The van der Waals surface area contributed by atoms with Gasteiger partial charge in [0.1, 0.15) is 5.82 Å². The van der Waals surface area contributed by atoms with Gasteiger partial charge in [0.2, 0.25) is 0 Å². The zero-order valence-corrected chi connectivity index (χ0v) is 8.01. The maximum absolute atomic E-state index is 12.6. The summed E-state index contributed by atoms with van der Waals surface area (Å²) in [6, 6.07) is 4.01. The van der Waals surface area contributed by atoms with Crippen LogP contribution in [0.1, 0.15) is 0 Å². The van der Waals surface area contributed by atoms with Crippen molar-refractivity contribution < 1.29 is 14.1 Å². The Balaban J connectivity index is 3.01.